The van der Waals surface area contributed by atoms with Crippen LogP contribution in [0.5, 0.6) is 0 Å². The molecule has 3 aromatic carbocycles. The molecule has 0 fully saturated rings. The van der Waals surface area contributed by atoms with Gasteiger partial charge in [0.05, 0.1) is 10.2 Å². The fourth-order valence-electron chi connectivity index (χ4n) is 3.16. The van der Waals surface area contributed by atoms with Gasteiger partial charge < -0.3 is 10.6 Å². The van der Waals surface area contributed by atoms with Gasteiger partial charge >= 0.3 is 0 Å². The Morgan fingerprint density at radius 3 is 2.28 bits per heavy atom. The third kappa shape index (κ3) is 6.18. The lowest BCUT2D eigenvalue weighted by molar-refractivity contribution is -0.384. The minimum absolute atomic E-state index is 0.119. The number of anilines is 2. The Morgan fingerprint density at radius 2 is 1.59 bits per heavy atom. The van der Waals surface area contributed by atoms with E-state index in [1.807, 2.05) is 45.0 Å². The second kappa shape index (κ2) is 10.1. The van der Waals surface area contributed by atoms with E-state index in [4.69, 9.17) is 0 Å². The number of rotatable bonds is 7. The summed E-state index contributed by atoms with van der Waals surface area (Å²) >= 11 is 1.37. The number of nitro benzene ring substituents is 1. The zero-order valence-corrected chi connectivity index (χ0v) is 18.7. The molecular formula is C24H23N3O4S. The lowest BCUT2D eigenvalue weighted by Crippen LogP contribution is -2.22. The molecular weight excluding hydrogens is 426 g/mol. The van der Waals surface area contributed by atoms with Crippen LogP contribution in [0.25, 0.3) is 0 Å². The Balaban J connectivity index is 1.65. The van der Waals surface area contributed by atoms with Crippen molar-refractivity contribution >= 4 is 40.6 Å². The molecule has 0 aliphatic carbocycles. The highest BCUT2D eigenvalue weighted by atomic mass is 32.2. The van der Waals surface area contributed by atoms with Crippen LogP contribution in [0.1, 0.15) is 28.4 Å². The van der Waals surface area contributed by atoms with Crippen LogP contribution >= 0.6 is 11.8 Å². The number of amides is 2. The van der Waals surface area contributed by atoms with E-state index in [0.717, 1.165) is 21.7 Å². The zero-order chi connectivity index (χ0) is 23.3. The average Bonchev–Trinajstić information content (AvgIpc) is 2.73. The number of carbonyl (C=O) groups excluding carboxylic acids is 2. The SMILES string of the molecule is Cc1cc(C)cc(NC(=O)C(C)Sc2cccc(NC(=O)c3cccc([N+](=O)[O-])c3)c2)c1. The van der Waals surface area contributed by atoms with Gasteiger partial charge in [-0.3, -0.25) is 19.7 Å². The first-order chi connectivity index (χ1) is 15.2. The average molecular weight is 450 g/mol. The van der Waals surface area contributed by atoms with Gasteiger partial charge in [-0.2, -0.15) is 0 Å². The monoisotopic (exact) mass is 449 g/mol. The number of aryl methyl sites for hydroxylation is 2. The summed E-state index contributed by atoms with van der Waals surface area (Å²) in [5.74, 6) is -0.567. The second-order valence-corrected chi connectivity index (χ2v) is 8.83. The lowest BCUT2D eigenvalue weighted by Gasteiger charge is -2.14. The lowest BCUT2D eigenvalue weighted by atomic mass is 10.1. The second-order valence-electron chi connectivity index (χ2n) is 7.42. The number of hydrogen-bond acceptors (Lipinski definition) is 5. The van der Waals surface area contributed by atoms with Crippen LogP contribution in [0.15, 0.2) is 71.6 Å². The molecule has 0 bridgehead atoms. The van der Waals surface area contributed by atoms with Crippen molar-refractivity contribution in [2.45, 2.75) is 30.9 Å². The summed E-state index contributed by atoms with van der Waals surface area (Å²) in [5.41, 5.74) is 3.50. The van der Waals surface area contributed by atoms with Crippen LogP contribution in [0.2, 0.25) is 0 Å². The van der Waals surface area contributed by atoms with Gasteiger partial charge in [-0.25, -0.2) is 0 Å². The zero-order valence-electron chi connectivity index (χ0n) is 17.9. The molecule has 164 valence electrons. The summed E-state index contributed by atoms with van der Waals surface area (Å²) in [6.07, 6.45) is 0. The smallest absolute Gasteiger partial charge is 0.270 e. The molecule has 0 heterocycles. The topological polar surface area (TPSA) is 101 Å². The Hall–Kier alpha value is -3.65. The Bertz CT molecular complexity index is 1160. The maximum Gasteiger partial charge on any atom is 0.270 e. The number of benzene rings is 3. The van der Waals surface area contributed by atoms with Gasteiger partial charge in [0.25, 0.3) is 11.6 Å². The first kappa shape index (κ1) is 23.0. The predicted molar refractivity (Wildman–Crippen MR) is 127 cm³/mol. The highest BCUT2D eigenvalue weighted by molar-refractivity contribution is 8.00. The van der Waals surface area contributed by atoms with Crippen LogP contribution in [-0.4, -0.2) is 22.0 Å². The van der Waals surface area contributed by atoms with Crippen molar-refractivity contribution in [2.24, 2.45) is 0 Å². The summed E-state index contributed by atoms with van der Waals surface area (Å²) < 4.78 is 0. The summed E-state index contributed by atoms with van der Waals surface area (Å²) in [7, 11) is 0. The molecule has 1 atom stereocenters. The molecule has 8 heteroatoms. The third-order valence-corrected chi connectivity index (χ3v) is 5.68. The van der Waals surface area contributed by atoms with Gasteiger partial charge in [0.1, 0.15) is 0 Å². The Morgan fingerprint density at radius 1 is 0.906 bits per heavy atom. The fraction of sp³-hybridized carbons (Fsp3) is 0.167. The Kier molecular flexibility index (Phi) is 7.27. The molecule has 32 heavy (non-hydrogen) atoms. The van der Waals surface area contributed by atoms with Crippen LogP contribution in [0, 0.1) is 24.0 Å². The van der Waals surface area contributed by atoms with Gasteiger partial charge in [0, 0.05) is 34.0 Å². The standard InChI is InChI=1S/C24H23N3O4S/c1-15-10-16(2)12-20(11-15)26-23(28)17(3)32-22-9-5-7-19(14-22)25-24(29)18-6-4-8-21(13-18)27(30)31/h4-14,17H,1-3H3,(H,25,29)(H,26,28). The summed E-state index contributed by atoms with van der Waals surface area (Å²) in [5, 5.41) is 16.2. The summed E-state index contributed by atoms with van der Waals surface area (Å²) in [6, 6.07) is 18.6. The molecule has 2 N–H and O–H groups in total. The van der Waals surface area contributed by atoms with Crippen molar-refractivity contribution in [2.75, 3.05) is 10.6 Å². The van der Waals surface area contributed by atoms with Crippen molar-refractivity contribution in [1.82, 2.24) is 0 Å². The predicted octanol–water partition coefficient (Wildman–Crippen LogP) is 5.58. The van der Waals surface area contributed by atoms with E-state index in [0.29, 0.717) is 5.69 Å². The van der Waals surface area contributed by atoms with E-state index in [1.54, 1.807) is 18.2 Å². The maximum absolute atomic E-state index is 12.6. The molecule has 7 nitrogen and oxygen atoms in total. The van der Waals surface area contributed by atoms with Gasteiger partial charge in [-0.15, -0.1) is 11.8 Å². The van der Waals surface area contributed by atoms with Crippen molar-refractivity contribution in [3.8, 4) is 0 Å². The molecule has 0 aromatic heterocycles. The molecule has 0 aliphatic heterocycles. The molecule has 0 aliphatic rings. The van der Waals surface area contributed by atoms with Gasteiger partial charge in [-0.1, -0.05) is 18.2 Å². The highest BCUT2D eigenvalue weighted by Gasteiger charge is 2.16. The fourth-order valence-corrected chi connectivity index (χ4v) is 4.09. The molecule has 3 rings (SSSR count). The van der Waals surface area contributed by atoms with Crippen molar-refractivity contribution in [3.63, 3.8) is 0 Å². The number of nitrogens with zero attached hydrogens (tertiary/aromatic N) is 1. The van der Waals surface area contributed by atoms with E-state index >= 15 is 0 Å². The molecule has 0 spiro atoms. The molecule has 0 saturated carbocycles. The number of hydrogen-bond donors (Lipinski definition) is 2. The number of non-ortho nitro benzene ring substituents is 1. The number of thioether (sulfide) groups is 1. The van der Waals surface area contributed by atoms with E-state index in [2.05, 4.69) is 10.6 Å². The highest BCUT2D eigenvalue weighted by Crippen LogP contribution is 2.27. The molecule has 2 amide bonds. The van der Waals surface area contributed by atoms with E-state index < -0.39 is 10.8 Å². The normalized spacial score (nSPS) is 11.5. The molecule has 0 radical (unpaired) electrons. The van der Waals surface area contributed by atoms with Crippen LogP contribution in [-0.2, 0) is 4.79 Å². The van der Waals surface area contributed by atoms with Crippen molar-refractivity contribution in [3.05, 3.63) is 93.5 Å². The first-order valence-electron chi connectivity index (χ1n) is 9.93. The van der Waals surface area contributed by atoms with Crippen molar-refractivity contribution in [1.29, 1.82) is 0 Å². The van der Waals surface area contributed by atoms with E-state index in [-0.39, 0.29) is 22.4 Å². The molecule has 3 aromatic rings. The minimum Gasteiger partial charge on any atom is -0.325 e. The van der Waals surface area contributed by atoms with Crippen molar-refractivity contribution < 1.29 is 14.5 Å². The van der Waals surface area contributed by atoms with Crippen LogP contribution in [0.4, 0.5) is 17.1 Å². The quantitative estimate of drug-likeness (QED) is 0.278. The molecule has 0 saturated heterocycles. The number of nitro groups is 1. The Labute approximate surface area is 190 Å². The van der Waals surface area contributed by atoms with Crippen LogP contribution in [0.3, 0.4) is 0 Å². The number of nitrogens with one attached hydrogen (secondary N) is 2. The summed E-state index contributed by atoms with van der Waals surface area (Å²) in [4.78, 5) is 36.3. The van der Waals surface area contributed by atoms with Gasteiger partial charge in [-0.05, 0) is 68.3 Å². The van der Waals surface area contributed by atoms with Crippen LogP contribution < -0.4 is 10.6 Å². The maximum atomic E-state index is 12.6. The van der Waals surface area contributed by atoms with Gasteiger partial charge in [0.15, 0.2) is 0 Å². The third-order valence-electron chi connectivity index (χ3n) is 4.58. The van der Waals surface area contributed by atoms with E-state index in [9.17, 15) is 19.7 Å². The minimum atomic E-state index is -0.543. The summed E-state index contributed by atoms with van der Waals surface area (Å²) in [6.45, 7) is 5.78. The van der Waals surface area contributed by atoms with Gasteiger partial charge in [0.2, 0.25) is 5.91 Å². The largest absolute Gasteiger partial charge is 0.325 e. The van der Waals surface area contributed by atoms with E-state index in [1.165, 1.54) is 36.0 Å². The molecule has 1 unspecified atom stereocenters. The number of carbonyl (C=O) groups is 2. The first-order valence-corrected chi connectivity index (χ1v) is 10.8.